The van der Waals surface area contributed by atoms with Crippen LogP contribution in [0.4, 0.5) is 0 Å². The summed E-state index contributed by atoms with van der Waals surface area (Å²) in [6, 6.07) is 0. The summed E-state index contributed by atoms with van der Waals surface area (Å²) in [5, 5.41) is 0. The normalized spacial score (nSPS) is 38.8. The molecule has 20 heavy (non-hydrogen) atoms. The Morgan fingerprint density at radius 3 is 2.65 bits per heavy atom. The third-order valence-electron chi connectivity index (χ3n) is 6.28. The third-order valence-corrected chi connectivity index (χ3v) is 6.28. The summed E-state index contributed by atoms with van der Waals surface area (Å²) in [5.74, 6) is 4.92. The van der Waals surface area contributed by atoms with Crippen LogP contribution in [0.2, 0.25) is 0 Å². The molecule has 2 fully saturated rings. The second-order valence-corrected chi connectivity index (χ2v) is 7.47. The van der Waals surface area contributed by atoms with Gasteiger partial charge in [-0.1, -0.05) is 82.6 Å². The van der Waals surface area contributed by atoms with E-state index in [0.717, 1.165) is 29.6 Å². The monoisotopic (exact) mass is 272 g/mol. The van der Waals surface area contributed by atoms with Gasteiger partial charge in [0, 0.05) is 0 Å². The molecule has 0 aromatic heterocycles. The molecule has 2 saturated carbocycles. The molecule has 3 aliphatic rings. The molecule has 0 aromatic rings. The molecule has 112 valence electrons. The summed E-state index contributed by atoms with van der Waals surface area (Å²) < 4.78 is 0. The van der Waals surface area contributed by atoms with E-state index in [0.29, 0.717) is 0 Å². The van der Waals surface area contributed by atoms with E-state index in [4.69, 9.17) is 0 Å². The van der Waals surface area contributed by atoms with E-state index in [1.54, 1.807) is 0 Å². The van der Waals surface area contributed by atoms with Crippen molar-refractivity contribution in [3.8, 4) is 0 Å². The summed E-state index contributed by atoms with van der Waals surface area (Å²) in [7, 11) is 0. The van der Waals surface area contributed by atoms with Gasteiger partial charge in [0.1, 0.15) is 0 Å². The van der Waals surface area contributed by atoms with E-state index in [1.165, 1.54) is 64.2 Å². The lowest BCUT2D eigenvalue weighted by Gasteiger charge is -2.36. The molecule has 0 aromatic carbocycles. The summed E-state index contributed by atoms with van der Waals surface area (Å²) in [5.41, 5.74) is 0. The highest BCUT2D eigenvalue weighted by molar-refractivity contribution is 5.19. The van der Waals surface area contributed by atoms with E-state index >= 15 is 0 Å². The highest BCUT2D eigenvalue weighted by atomic mass is 14.5. The predicted octanol–water partition coefficient (Wildman–Crippen LogP) is 6.14. The SMILES string of the molecule is CCCCCCCC1CCCC2C3C=CC=CC3CC12. The van der Waals surface area contributed by atoms with Crippen LogP contribution in [0.3, 0.4) is 0 Å². The Labute approximate surface area is 125 Å². The van der Waals surface area contributed by atoms with Gasteiger partial charge in [-0.2, -0.15) is 0 Å². The maximum atomic E-state index is 2.53. The van der Waals surface area contributed by atoms with Crippen molar-refractivity contribution in [2.45, 2.75) is 71.1 Å². The Bertz CT molecular complexity index is 351. The van der Waals surface area contributed by atoms with E-state index in [-0.39, 0.29) is 0 Å². The number of fused-ring (bicyclic) bond motifs is 3. The van der Waals surface area contributed by atoms with Gasteiger partial charge in [-0.05, 0) is 42.4 Å². The Kier molecular flexibility index (Phi) is 5.02. The molecule has 0 spiro atoms. The number of hydrogen-bond donors (Lipinski definition) is 0. The van der Waals surface area contributed by atoms with E-state index < -0.39 is 0 Å². The summed E-state index contributed by atoms with van der Waals surface area (Å²) in [4.78, 5) is 0. The van der Waals surface area contributed by atoms with E-state index in [2.05, 4.69) is 31.2 Å². The maximum absolute atomic E-state index is 2.53. The van der Waals surface area contributed by atoms with Crippen molar-refractivity contribution >= 4 is 0 Å². The summed E-state index contributed by atoms with van der Waals surface area (Å²) in [6.45, 7) is 2.31. The minimum Gasteiger partial charge on any atom is -0.0808 e. The Balaban J connectivity index is 1.52. The van der Waals surface area contributed by atoms with E-state index in [9.17, 15) is 0 Å². The molecule has 0 bridgehead atoms. The molecule has 3 aliphatic carbocycles. The van der Waals surface area contributed by atoms with Crippen LogP contribution >= 0.6 is 0 Å². The zero-order valence-electron chi connectivity index (χ0n) is 13.3. The van der Waals surface area contributed by atoms with Gasteiger partial charge in [0.05, 0.1) is 0 Å². The number of hydrogen-bond acceptors (Lipinski definition) is 0. The second-order valence-electron chi connectivity index (χ2n) is 7.47. The standard InChI is InChI=1S/C20H32/c1-2-3-4-5-6-10-16-12-9-14-19-18-13-8-7-11-17(18)15-20(16)19/h7-8,11,13,16-20H,2-6,9-10,12,14-15H2,1H3. The van der Waals surface area contributed by atoms with Crippen LogP contribution in [0.25, 0.3) is 0 Å². The number of unbranched alkanes of at least 4 members (excludes halogenated alkanes) is 4. The molecule has 3 rings (SSSR count). The van der Waals surface area contributed by atoms with Crippen molar-refractivity contribution in [1.29, 1.82) is 0 Å². The van der Waals surface area contributed by atoms with Crippen LogP contribution in [0.5, 0.6) is 0 Å². The lowest BCUT2D eigenvalue weighted by atomic mass is 9.70. The fourth-order valence-electron chi connectivity index (χ4n) is 5.29. The lowest BCUT2D eigenvalue weighted by molar-refractivity contribution is 0.154. The van der Waals surface area contributed by atoms with Crippen LogP contribution < -0.4 is 0 Å². The smallest absolute Gasteiger partial charge is 0.0136 e. The van der Waals surface area contributed by atoms with Crippen molar-refractivity contribution < 1.29 is 0 Å². The quantitative estimate of drug-likeness (QED) is 0.509. The fourth-order valence-corrected chi connectivity index (χ4v) is 5.29. The fraction of sp³-hybridized carbons (Fsp3) is 0.800. The Hall–Kier alpha value is -0.520. The van der Waals surface area contributed by atoms with Gasteiger partial charge < -0.3 is 0 Å². The average Bonchev–Trinajstić information content (AvgIpc) is 2.87. The highest BCUT2D eigenvalue weighted by Gasteiger charge is 2.45. The molecular weight excluding hydrogens is 240 g/mol. The summed E-state index contributed by atoms with van der Waals surface area (Å²) >= 11 is 0. The van der Waals surface area contributed by atoms with Crippen LogP contribution in [0, 0.1) is 29.6 Å². The van der Waals surface area contributed by atoms with Gasteiger partial charge in [0.15, 0.2) is 0 Å². The zero-order valence-corrected chi connectivity index (χ0v) is 13.3. The number of allylic oxidation sites excluding steroid dienone is 4. The maximum Gasteiger partial charge on any atom is -0.0136 e. The lowest BCUT2D eigenvalue weighted by Crippen LogP contribution is -2.27. The molecular formula is C20H32. The topological polar surface area (TPSA) is 0 Å². The molecule has 0 amide bonds. The van der Waals surface area contributed by atoms with Crippen LogP contribution in [0.15, 0.2) is 24.3 Å². The Morgan fingerprint density at radius 1 is 0.900 bits per heavy atom. The van der Waals surface area contributed by atoms with Gasteiger partial charge in [-0.3, -0.25) is 0 Å². The molecule has 0 saturated heterocycles. The minimum absolute atomic E-state index is 0.885. The van der Waals surface area contributed by atoms with Crippen LogP contribution in [0.1, 0.15) is 71.1 Å². The van der Waals surface area contributed by atoms with Crippen molar-refractivity contribution in [2.24, 2.45) is 29.6 Å². The summed E-state index contributed by atoms with van der Waals surface area (Å²) in [6.07, 6.45) is 24.4. The van der Waals surface area contributed by atoms with Gasteiger partial charge in [-0.15, -0.1) is 0 Å². The largest absolute Gasteiger partial charge is 0.0808 e. The predicted molar refractivity (Wildman–Crippen MR) is 87.6 cm³/mol. The zero-order chi connectivity index (χ0) is 13.8. The Morgan fingerprint density at radius 2 is 1.75 bits per heavy atom. The second kappa shape index (κ2) is 6.96. The molecule has 0 N–H and O–H groups in total. The first-order chi connectivity index (χ1) is 9.90. The van der Waals surface area contributed by atoms with Crippen LogP contribution in [-0.4, -0.2) is 0 Å². The first-order valence-corrected chi connectivity index (χ1v) is 9.25. The van der Waals surface area contributed by atoms with Crippen molar-refractivity contribution in [3.63, 3.8) is 0 Å². The first kappa shape index (κ1) is 14.4. The van der Waals surface area contributed by atoms with Crippen molar-refractivity contribution in [2.75, 3.05) is 0 Å². The highest BCUT2D eigenvalue weighted by Crippen LogP contribution is 2.54. The first-order valence-electron chi connectivity index (χ1n) is 9.25. The molecule has 0 aliphatic heterocycles. The van der Waals surface area contributed by atoms with Gasteiger partial charge in [-0.25, -0.2) is 0 Å². The van der Waals surface area contributed by atoms with Gasteiger partial charge >= 0.3 is 0 Å². The minimum atomic E-state index is 0.885. The molecule has 0 radical (unpaired) electrons. The van der Waals surface area contributed by atoms with Gasteiger partial charge in [0.25, 0.3) is 0 Å². The number of rotatable bonds is 6. The molecule has 5 unspecified atom stereocenters. The molecule has 0 heterocycles. The van der Waals surface area contributed by atoms with E-state index in [1.807, 2.05) is 0 Å². The molecule has 0 nitrogen and oxygen atoms in total. The van der Waals surface area contributed by atoms with Crippen LogP contribution in [-0.2, 0) is 0 Å². The van der Waals surface area contributed by atoms with Crippen molar-refractivity contribution in [1.82, 2.24) is 0 Å². The third kappa shape index (κ3) is 3.05. The molecule has 5 atom stereocenters. The average molecular weight is 272 g/mol. The van der Waals surface area contributed by atoms with Gasteiger partial charge in [0.2, 0.25) is 0 Å². The molecule has 0 heteroatoms. The van der Waals surface area contributed by atoms with Crippen molar-refractivity contribution in [3.05, 3.63) is 24.3 Å².